The molecule has 0 aliphatic heterocycles. The molecule has 1 heterocycles. The van der Waals surface area contributed by atoms with Gasteiger partial charge in [0.2, 0.25) is 5.88 Å². The number of alkyl halides is 3. The number of hydrogen-bond acceptors (Lipinski definition) is 4. The van der Waals surface area contributed by atoms with Gasteiger partial charge in [0, 0.05) is 16.8 Å². The molecule has 0 aliphatic rings. The van der Waals surface area contributed by atoms with Crippen molar-refractivity contribution in [1.82, 2.24) is 4.98 Å². The van der Waals surface area contributed by atoms with Gasteiger partial charge >= 0.3 is 6.18 Å². The van der Waals surface area contributed by atoms with Gasteiger partial charge in [0.1, 0.15) is 0 Å². The van der Waals surface area contributed by atoms with Crippen LogP contribution in [0.15, 0.2) is 30.3 Å². The fraction of sp³-hybridized carbons (Fsp3) is 0.154. The number of benzene rings is 1. The molecule has 0 unspecified atom stereocenters. The SMILES string of the molecule is COc1ccc(N)c(Nc2cc(Cl)cc(C(F)(F)F)c2)n1. The second-order valence-corrected chi connectivity index (χ2v) is 4.58. The van der Waals surface area contributed by atoms with Crippen LogP contribution < -0.4 is 15.8 Å². The molecule has 1 aromatic carbocycles. The van der Waals surface area contributed by atoms with Gasteiger partial charge in [-0.1, -0.05) is 11.6 Å². The highest BCUT2D eigenvalue weighted by Crippen LogP contribution is 2.34. The Morgan fingerprint density at radius 2 is 1.95 bits per heavy atom. The largest absolute Gasteiger partial charge is 0.481 e. The van der Waals surface area contributed by atoms with E-state index >= 15 is 0 Å². The summed E-state index contributed by atoms with van der Waals surface area (Å²) in [5.74, 6) is 0.467. The van der Waals surface area contributed by atoms with Gasteiger partial charge in [-0.15, -0.1) is 0 Å². The van der Waals surface area contributed by atoms with Gasteiger partial charge in [0.15, 0.2) is 5.82 Å². The lowest BCUT2D eigenvalue weighted by atomic mass is 10.2. The van der Waals surface area contributed by atoms with Crippen molar-refractivity contribution in [1.29, 1.82) is 0 Å². The quantitative estimate of drug-likeness (QED) is 0.895. The lowest BCUT2D eigenvalue weighted by molar-refractivity contribution is -0.137. The third-order valence-electron chi connectivity index (χ3n) is 2.60. The highest BCUT2D eigenvalue weighted by atomic mass is 35.5. The number of pyridine rings is 1. The van der Waals surface area contributed by atoms with Crippen molar-refractivity contribution in [3.63, 3.8) is 0 Å². The van der Waals surface area contributed by atoms with Crippen molar-refractivity contribution in [2.45, 2.75) is 6.18 Å². The van der Waals surface area contributed by atoms with Crippen molar-refractivity contribution in [2.75, 3.05) is 18.2 Å². The van der Waals surface area contributed by atoms with E-state index < -0.39 is 11.7 Å². The van der Waals surface area contributed by atoms with Crippen LogP contribution in [0.1, 0.15) is 5.56 Å². The first-order chi connectivity index (χ1) is 9.79. The van der Waals surface area contributed by atoms with Gasteiger partial charge in [-0.3, -0.25) is 0 Å². The van der Waals surface area contributed by atoms with Crippen LogP contribution in [-0.4, -0.2) is 12.1 Å². The van der Waals surface area contributed by atoms with Crippen LogP contribution >= 0.6 is 11.6 Å². The summed E-state index contributed by atoms with van der Waals surface area (Å²) in [4.78, 5) is 4.02. The minimum absolute atomic E-state index is 0.0474. The van der Waals surface area contributed by atoms with E-state index in [-0.39, 0.29) is 28.1 Å². The number of aromatic nitrogens is 1. The van der Waals surface area contributed by atoms with Crippen LogP contribution in [0.5, 0.6) is 5.88 Å². The molecule has 0 saturated heterocycles. The Labute approximate surface area is 123 Å². The monoisotopic (exact) mass is 317 g/mol. The van der Waals surface area contributed by atoms with Crippen molar-refractivity contribution in [2.24, 2.45) is 0 Å². The maximum Gasteiger partial charge on any atom is 0.416 e. The molecule has 4 nitrogen and oxygen atoms in total. The lowest BCUT2D eigenvalue weighted by Crippen LogP contribution is -2.06. The summed E-state index contributed by atoms with van der Waals surface area (Å²) < 4.78 is 43.2. The average Bonchev–Trinajstić information content (AvgIpc) is 2.39. The third kappa shape index (κ3) is 3.69. The van der Waals surface area contributed by atoms with Crippen molar-refractivity contribution in [3.05, 3.63) is 40.9 Å². The molecular formula is C13H11ClF3N3O. The van der Waals surface area contributed by atoms with Crippen LogP contribution in [0.4, 0.5) is 30.4 Å². The number of nitrogens with two attached hydrogens (primary N) is 1. The molecule has 3 N–H and O–H groups in total. The second-order valence-electron chi connectivity index (χ2n) is 4.14. The lowest BCUT2D eigenvalue weighted by Gasteiger charge is -2.13. The average molecular weight is 318 g/mol. The molecule has 1 aromatic heterocycles. The number of rotatable bonds is 3. The number of ether oxygens (including phenoxy) is 1. The highest BCUT2D eigenvalue weighted by molar-refractivity contribution is 6.31. The summed E-state index contributed by atoms with van der Waals surface area (Å²) in [6.07, 6.45) is -4.49. The molecule has 0 spiro atoms. The summed E-state index contributed by atoms with van der Waals surface area (Å²) in [6.45, 7) is 0. The first-order valence-corrected chi connectivity index (χ1v) is 6.12. The summed E-state index contributed by atoms with van der Waals surface area (Å²) in [5.41, 5.74) is 5.25. The smallest absolute Gasteiger partial charge is 0.416 e. The molecule has 112 valence electrons. The number of nitrogens with one attached hydrogen (secondary N) is 1. The van der Waals surface area contributed by atoms with Gasteiger partial charge in [0.25, 0.3) is 0 Å². The van der Waals surface area contributed by atoms with Crippen LogP contribution in [0, 0.1) is 0 Å². The molecule has 0 atom stereocenters. The van der Waals surface area contributed by atoms with Crippen LogP contribution in [0.3, 0.4) is 0 Å². The number of anilines is 3. The number of halogens is 4. The van der Waals surface area contributed by atoms with E-state index in [1.54, 1.807) is 6.07 Å². The Bertz CT molecular complexity index is 662. The van der Waals surface area contributed by atoms with Crippen molar-refractivity contribution in [3.8, 4) is 5.88 Å². The zero-order chi connectivity index (χ0) is 15.6. The molecule has 2 rings (SSSR count). The molecule has 0 radical (unpaired) electrons. The minimum Gasteiger partial charge on any atom is -0.481 e. The van der Waals surface area contributed by atoms with Crippen LogP contribution in [0.25, 0.3) is 0 Å². The molecule has 2 aromatic rings. The van der Waals surface area contributed by atoms with E-state index in [9.17, 15) is 13.2 Å². The maximum atomic E-state index is 12.7. The highest BCUT2D eigenvalue weighted by Gasteiger charge is 2.31. The predicted molar refractivity (Wildman–Crippen MR) is 74.9 cm³/mol. The molecule has 0 bridgehead atoms. The Morgan fingerprint density at radius 1 is 1.24 bits per heavy atom. The van der Waals surface area contributed by atoms with Gasteiger partial charge in [-0.05, 0) is 24.3 Å². The zero-order valence-electron chi connectivity index (χ0n) is 10.8. The molecule has 0 aliphatic carbocycles. The molecule has 8 heteroatoms. The molecule has 21 heavy (non-hydrogen) atoms. The Balaban J connectivity index is 2.38. The molecule has 0 amide bonds. The summed E-state index contributed by atoms with van der Waals surface area (Å²) in [5, 5.41) is 2.65. The minimum atomic E-state index is -4.49. The predicted octanol–water partition coefficient (Wildman–Crippen LogP) is 4.09. The Hall–Kier alpha value is -2.15. The van der Waals surface area contributed by atoms with E-state index in [0.29, 0.717) is 0 Å². The van der Waals surface area contributed by atoms with Crippen LogP contribution in [-0.2, 0) is 6.18 Å². The van der Waals surface area contributed by atoms with E-state index in [0.717, 1.165) is 12.1 Å². The molecule has 0 saturated carbocycles. The van der Waals surface area contributed by atoms with E-state index in [1.807, 2.05) is 0 Å². The Morgan fingerprint density at radius 3 is 2.57 bits per heavy atom. The standard InChI is InChI=1S/C13H11ClF3N3O/c1-21-11-3-2-10(18)12(20-11)19-9-5-7(13(15,16)17)4-8(14)6-9/h2-6H,18H2,1H3,(H,19,20). The topological polar surface area (TPSA) is 60.2 Å². The summed E-state index contributed by atoms with van der Waals surface area (Å²) >= 11 is 5.70. The Kier molecular flexibility index (Phi) is 4.13. The summed E-state index contributed by atoms with van der Waals surface area (Å²) in [6, 6.07) is 6.18. The van der Waals surface area contributed by atoms with Crippen molar-refractivity contribution < 1.29 is 17.9 Å². The van der Waals surface area contributed by atoms with E-state index in [2.05, 4.69) is 10.3 Å². The molecular weight excluding hydrogens is 307 g/mol. The number of hydrogen-bond donors (Lipinski definition) is 2. The third-order valence-corrected chi connectivity index (χ3v) is 2.82. The molecule has 0 fully saturated rings. The normalized spacial score (nSPS) is 11.3. The van der Waals surface area contributed by atoms with Crippen molar-refractivity contribution >= 4 is 28.8 Å². The van der Waals surface area contributed by atoms with Crippen LogP contribution in [0.2, 0.25) is 5.02 Å². The number of nitrogens with zero attached hydrogens (tertiary/aromatic N) is 1. The number of nitrogen functional groups attached to an aromatic ring is 1. The van der Waals surface area contributed by atoms with Gasteiger partial charge in [-0.25, -0.2) is 0 Å². The maximum absolute atomic E-state index is 12.7. The van der Waals surface area contributed by atoms with Gasteiger partial charge < -0.3 is 15.8 Å². The first-order valence-electron chi connectivity index (χ1n) is 5.75. The van der Waals surface area contributed by atoms with E-state index in [1.165, 1.54) is 19.2 Å². The fourth-order valence-corrected chi connectivity index (χ4v) is 1.86. The first kappa shape index (κ1) is 15.2. The van der Waals surface area contributed by atoms with E-state index in [4.69, 9.17) is 22.1 Å². The fourth-order valence-electron chi connectivity index (χ4n) is 1.63. The van der Waals surface area contributed by atoms with Gasteiger partial charge in [0.05, 0.1) is 18.4 Å². The number of methoxy groups -OCH3 is 1. The second kappa shape index (κ2) is 5.69. The van der Waals surface area contributed by atoms with Gasteiger partial charge in [-0.2, -0.15) is 18.2 Å². The summed E-state index contributed by atoms with van der Waals surface area (Å²) in [7, 11) is 1.42. The zero-order valence-corrected chi connectivity index (χ0v) is 11.6.